The Morgan fingerprint density at radius 3 is 2.67 bits per heavy atom. The first-order valence-electron chi connectivity index (χ1n) is 8.14. The van der Waals surface area contributed by atoms with Gasteiger partial charge in [-0.2, -0.15) is 5.26 Å². The zero-order valence-electron chi connectivity index (χ0n) is 14.5. The van der Waals surface area contributed by atoms with Gasteiger partial charge in [0, 0.05) is 28.3 Å². The number of nitrogens with zero attached hydrogens (tertiary/aromatic N) is 2. The second-order valence-corrected chi connectivity index (χ2v) is 6.34. The molecule has 0 radical (unpaired) electrons. The molecule has 5 nitrogen and oxygen atoms in total. The van der Waals surface area contributed by atoms with Crippen LogP contribution in [0.25, 0.3) is 11.8 Å². The quantitative estimate of drug-likeness (QED) is 0.511. The number of nitriles is 1. The average molecular weight is 378 g/mol. The molecule has 2 aromatic carbocycles. The molecule has 0 bridgehead atoms. The van der Waals surface area contributed by atoms with Crippen LogP contribution in [0.5, 0.6) is 5.75 Å². The number of hydrogen-bond donors (Lipinski definition) is 2. The highest BCUT2D eigenvalue weighted by atomic mass is 35.5. The molecule has 3 aromatic rings. The lowest BCUT2D eigenvalue weighted by molar-refractivity contribution is -0.112. The number of aryl methyl sites for hydroxylation is 1. The van der Waals surface area contributed by atoms with Crippen LogP contribution in [-0.2, 0) is 4.79 Å². The number of halogens is 1. The second-order valence-electron chi connectivity index (χ2n) is 5.90. The van der Waals surface area contributed by atoms with E-state index in [9.17, 15) is 15.2 Å². The summed E-state index contributed by atoms with van der Waals surface area (Å²) in [6, 6.07) is 17.4. The molecule has 0 saturated heterocycles. The highest BCUT2D eigenvalue weighted by molar-refractivity contribution is 6.31. The number of anilines is 1. The molecule has 0 aliphatic rings. The van der Waals surface area contributed by atoms with Crippen molar-refractivity contribution in [1.82, 2.24) is 4.57 Å². The third-order valence-electron chi connectivity index (χ3n) is 4.01. The maximum Gasteiger partial charge on any atom is 0.266 e. The average Bonchev–Trinajstić information content (AvgIpc) is 3.11. The smallest absolute Gasteiger partial charge is 0.266 e. The van der Waals surface area contributed by atoms with Crippen LogP contribution in [0.3, 0.4) is 0 Å². The molecule has 0 spiro atoms. The predicted molar refractivity (Wildman–Crippen MR) is 106 cm³/mol. The molecule has 3 rings (SSSR count). The summed E-state index contributed by atoms with van der Waals surface area (Å²) < 4.78 is 1.81. The Morgan fingerprint density at radius 1 is 1.22 bits per heavy atom. The van der Waals surface area contributed by atoms with Crippen molar-refractivity contribution in [3.63, 3.8) is 0 Å². The van der Waals surface area contributed by atoms with E-state index in [-0.39, 0.29) is 11.3 Å². The van der Waals surface area contributed by atoms with Crippen LogP contribution in [0, 0.1) is 18.3 Å². The van der Waals surface area contributed by atoms with Gasteiger partial charge in [-0.25, -0.2) is 0 Å². The minimum atomic E-state index is -0.513. The van der Waals surface area contributed by atoms with Crippen LogP contribution in [-0.4, -0.2) is 15.6 Å². The van der Waals surface area contributed by atoms with E-state index >= 15 is 0 Å². The summed E-state index contributed by atoms with van der Waals surface area (Å²) in [5.41, 5.74) is 2.83. The van der Waals surface area contributed by atoms with E-state index in [1.807, 2.05) is 29.8 Å². The predicted octanol–water partition coefficient (Wildman–Crippen LogP) is 4.69. The first-order valence-corrected chi connectivity index (χ1v) is 8.52. The van der Waals surface area contributed by atoms with Gasteiger partial charge in [-0.15, -0.1) is 0 Å². The van der Waals surface area contributed by atoms with Gasteiger partial charge >= 0.3 is 0 Å². The van der Waals surface area contributed by atoms with Crippen LogP contribution < -0.4 is 5.32 Å². The van der Waals surface area contributed by atoms with Crippen molar-refractivity contribution in [2.24, 2.45) is 0 Å². The maximum atomic E-state index is 12.5. The van der Waals surface area contributed by atoms with E-state index in [1.54, 1.807) is 48.5 Å². The Hall–Kier alpha value is -3.49. The summed E-state index contributed by atoms with van der Waals surface area (Å²) in [6.07, 6.45) is 3.33. The van der Waals surface area contributed by atoms with Crippen LogP contribution in [0.4, 0.5) is 5.69 Å². The first kappa shape index (κ1) is 18.3. The summed E-state index contributed by atoms with van der Waals surface area (Å²) in [6.45, 7) is 1.84. The zero-order valence-corrected chi connectivity index (χ0v) is 15.2. The molecule has 27 heavy (non-hydrogen) atoms. The monoisotopic (exact) mass is 377 g/mol. The molecule has 0 saturated carbocycles. The molecule has 0 unspecified atom stereocenters. The van der Waals surface area contributed by atoms with Crippen LogP contribution >= 0.6 is 11.6 Å². The molecule has 0 atom stereocenters. The third kappa shape index (κ3) is 4.20. The molecule has 2 N–H and O–H groups in total. The Morgan fingerprint density at radius 2 is 1.96 bits per heavy atom. The van der Waals surface area contributed by atoms with E-state index in [2.05, 4.69) is 5.32 Å². The van der Waals surface area contributed by atoms with Gasteiger partial charge in [0.15, 0.2) is 0 Å². The third-order valence-corrected chi connectivity index (χ3v) is 4.25. The number of phenols is 1. The SMILES string of the molecule is Cc1ccc(Cl)cc1NC(=O)C(C#N)=Cc1cccn1-c1ccc(O)cc1. The highest BCUT2D eigenvalue weighted by Crippen LogP contribution is 2.22. The van der Waals surface area contributed by atoms with Crippen LogP contribution in [0.2, 0.25) is 5.02 Å². The number of hydrogen-bond acceptors (Lipinski definition) is 3. The van der Waals surface area contributed by atoms with Crippen molar-refractivity contribution >= 4 is 29.3 Å². The number of aromatic hydroxyl groups is 1. The molecule has 1 heterocycles. The minimum Gasteiger partial charge on any atom is -0.508 e. The van der Waals surface area contributed by atoms with Gasteiger partial charge in [0.05, 0.1) is 0 Å². The number of carbonyl (C=O) groups excluding carboxylic acids is 1. The van der Waals surface area contributed by atoms with E-state index in [0.717, 1.165) is 11.3 Å². The van der Waals surface area contributed by atoms with Crippen molar-refractivity contribution < 1.29 is 9.90 Å². The van der Waals surface area contributed by atoms with Crippen molar-refractivity contribution in [2.75, 3.05) is 5.32 Å². The number of aromatic nitrogens is 1. The van der Waals surface area contributed by atoms with Crippen molar-refractivity contribution in [1.29, 1.82) is 5.26 Å². The fourth-order valence-electron chi connectivity index (χ4n) is 2.58. The van der Waals surface area contributed by atoms with Gasteiger partial charge in [-0.05, 0) is 67.1 Å². The summed E-state index contributed by atoms with van der Waals surface area (Å²) in [5.74, 6) is -0.349. The largest absolute Gasteiger partial charge is 0.508 e. The second kappa shape index (κ2) is 7.81. The molecular weight excluding hydrogens is 362 g/mol. The molecule has 0 fully saturated rings. The van der Waals surface area contributed by atoms with Gasteiger partial charge in [-0.3, -0.25) is 4.79 Å². The van der Waals surface area contributed by atoms with E-state index in [1.165, 1.54) is 6.08 Å². The van der Waals surface area contributed by atoms with Gasteiger partial charge < -0.3 is 15.0 Å². The lowest BCUT2D eigenvalue weighted by Gasteiger charge is -2.09. The molecule has 1 aromatic heterocycles. The minimum absolute atomic E-state index is 0.0342. The number of phenolic OH excluding ortho intramolecular Hbond substituents is 1. The first-order chi connectivity index (χ1) is 13.0. The molecular formula is C21H16ClN3O2. The molecule has 134 valence electrons. The fraction of sp³-hybridized carbons (Fsp3) is 0.0476. The summed E-state index contributed by atoms with van der Waals surface area (Å²) >= 11 is 5.98. The lowest BCUT2D eigenvalue weighted by atomic mass is 10.1. The van der Waals surface area contributed by atoms with E-state index in [4.69, 9.17) is 11.6 Å². The number of benzene rings is 2. The van der Waals surface area contributed by atoms with Gasteiger partial charge in [0.25, 0.3) is 5.91 Å². The number of nitrogens with one attached hydrogen (secondary N) is 1. The van der Waals surface area contributed by atoms with Crippen molar-refractivity contribution in [3.8, 4) is 17.5 Å². The summed E-state index contributed by atoms with van der Waals surface area (Å²) in [7, 11) is 0. The Labute approximate surface area is 161 Å². The van der Waals surface area contributed by atoms with Crippen LogP contribution in [0.1, 0.15) is 11.3 Å². The van der Waals surface area contributed by atoms with Gasteiger partial charge in [0.2, 0.25) is 0 Å². The summed E-state index contributed by atoms with van der Waals surface area (Å²) in [4.78, 5) is 12.5. The van der Waals surface area contributed by atoms with Crippen molar-refractivity contribution in [3.05, 3.63) is 82.6 Å². The number of carbonyl (C=O) groups is 1. The normalized spacial score (nSPS) is 11.1. The zero-order chi connectivity index (χ0) is 19.4. The molecule has 0 aliphatic carbocycles. The Kier molecular flexibility index (Phi) is 5.30. The lowest BCUT2D eigenvalue weighted by Crippen LogP contribution is -2.14. The highest BCUT2D eigenvalue weighted by Gasteiger charge is 2.13. The fourth-order valence-corrected chi connectivity index (χ4v) is 2.75. The Balaban J connectivity index is 1.90. The van der Waals surface area contributed by atoms with Gasteiger partial charge in [0.1, 0.15) is 17.4 Å². The van der Waals surface area contributed by atoms with E-state index < -0.39 is 5.91 Å². The molecule has 0 aliphatic heterocycles. The summed E-state index contributed by atoms with van der Waals surface area (Å²) in [5, 5.41) is 22.1. The number of amides is 1. The van der Waals surface area contributed by atoms with Gasteiger partial charge in [-0.1, -0.05) is 17.7 Å². The van der Waals surface area contributed by atoms with Crippen molar-refractivity contribution in [2.45, 2.75) is 6.92 Å². The molecule has 1 amide bonds. The van der Waals surface area contributed by atoms with E-state index in [0.29, 0.717) is 16.4 Å². The maximum absolute atomic E-state index is 12.5. The standard InChI is InChI=1S/C21H16ClN3O2/c1-14-4-5-16(22)12-20(14)24-21(27)15(13-23)11-18-3-2-10-25(18)17-6-8-19(26)9-7-17/h2-12,26H,1H3,(H,24,27). The topological polar surface area (TPSA) is 78.0 Å². The van der Waals surface area contributed by atoms with Crippen LogP contribution in [0.15, 0.2) is 66.4 Å². The Bertz CT molecular complexity index is 1060. The number of rotatable bonds is 4. The molecule has 6 heteroatoms.